The van der Waals surface area contributed by atoms with Crippen LogP contribution in [0.2, 0.25) is 0 Å². The van der Waals surface area contributed by atoms with Crippen molar-refractivity contribution in [2.24, 2.45) is 0 Å². The summed E-state index contributed by atoms with van der Waals surface area (Å²) in [6, 6.07) is 6.61. The summed E-state index contributed by atoms with van der Waals surface area (Å²) in [5.41, 5.74) is 3.92. The quantitative estimate of drug-likeness (QED) is 0.802. The highest BCUT2D eigenvalue weighted by atomic mass is 16.4. The van der Waals surface area contributed by atoms with E-state index in [4.69, 9.17) is 5.11 Å². The van der Waals surface area contributed by atoms with Crippen LogP contribution in [-0.2, 0) is 16.6 Å². The van der Waals surface area contributed by atoms with Crippen molar-refractivity contribution in [3.63, 3.8) is 0 Å². The number of hydrogen-bond acceptors (Lipinski definition) is 1. The van der Waals surface area contributed by atoms with Gasteiger partial charge in [0.25, 0.3) is 0 Å². The van der Waals surface area contributed by atoms with E-state index in [-0.39, 0.29) is 17.8 Å². The highest BCUT2D eigenvalue weighted by molar-refractivity contribution is 5.68. The summed E-state index contributed by atoms with van der Waals surface area (Å²) in [5.74, 6) is -0.568. The normalized spacial score (nSPS) is 13.2. The molecule has 0 aliphatic heterocycles. The first-order valence-corrected chi connectivity index (χ1v) is 7.64. The SMILES string of the molecule is CCCC(CC(=O)O)c1cc(C(C)(C)C)ccc1CC. The van der Waals surface area contributed by atoms with Crippen LogP contribution < -0.4 is 0 Å². The van der Waals surface area contributed by atoms with Crippen LogP contribution >= 0.6 is 0 Å². The largest absolute Gasteiger partial charge is 0.481 e. The molecule has 2 heteroatoms. The molecule has 2 nitrogen and oxygen atoms in total. The minimum atomic E-state index is -0.702. The molecule has 0 saturated heterocycles. The van der Waals surface area contributed by atoms with Gasteiger partial charge < -0.3 is 5.11 Å². The van der Waals surface area contributed by atoms with Crippen molar-refractivity contribution in [3.8, 4) is 0 Å². The zero-order chi connectivity index (χ0) is 15.3. The molecule has 1 aromatic carbocycles. The first-order chi connectivity index (χ1) is 9.29. The highest BCUT2D eigenvalue weighted by Crippen LogP contribution is 2.32. The molecule has 1 aromatic rings. The zero-order valence-corrected chi connectivity index (χ0v) is 13.5. The summed E-state index contributed by atoms with van der Waals surface area (Å²) in [5, 5.41) is 9.16. The minimum absolute atomic E-state index is 0.0982. The van der Waals surface area contributed by atoms with Crippen LogP contribution in [-0.4, -0.2) is 11.1 Å². The molecule has 0 fully saturated rings. The van der Waals surface area contributed by atoms with E-state index in [2.05, 4.69) is 52.8 Å². The summed E-state index contributed by atoms with van der Waals surface area (Å²) in [6.07, 6.45) is 3.14. The lowest BCUT2D eigenvalue weighted by atomic mass is 9.80. The predicted octanol–water partition coefficient (Wildman–Crippen LogP) is 4.90. The second-order valence-electron chi connectivity index (χ2n) is 6.60. The molecule has 1 rings (SSSR count). The number of carboxylic acids is 1. The van der Waals surface area contributed by atoms with Crippen molar-refractivity contribution >= 4 is 5.97 Å². The molecular formula is C18H28O2. The molecule has 0 aliphatic carbocycles. The van der Waals surface area contributed by atoms with Gasteiger partial charge in [-0.25, -0.2) is 0 Å². The number of benzene rings is 1. The lowest BCUT2D eigenvalue weighted by molar-refractivity contribution is -0.137. The van der Waals surface area contributed by atoms with Crippen molar-refractivity contribution in [1.82, 2.24) is 0 Å². The van der Waals surface area contributed by atoms with Crippen LogP contribution in [0.5, 0.6) is 0 Å². The topological polar surface area (TPSA) is 37.3 Å². The minimum Gasteiger partial charge on any atom is -0.481 e. The van der Waals surface area contributed by atoms with Gasteiger partial charge in [-0.3, -0.25) is 4.79 Å². The zero-order valence-electron chi connectivity index (χ0n) is 13.5. The number of hydrogen-bond donors (Lipinski definition) is 1. The molecular weight excluding hydrogens is 248 g/mol. The van der Waals surface area contributed by atoms with Crippen molar-refractivity contribution in [1.29, 1.82) is 0 Å². The summed E-state index contributed by atoms with van der Waals surface area (Å²) in [6.45, 7) is 10.9. The van der Waals surface area contributed by atoms with Crippen LogP contribution in [0.3, 0.4) is 0 Å². The van der Waals surface area contributed by atoms with Gasteiger partial charge in [-0.1, -0.05) is 59.2 Å². The molecule has 1 N–H and O–H groups in total. The molecule has 20 heavy (non-hydrogen) atoms. The fourth-order valence-corrected chi connectivity index (χ4v) is 2.69. The maximum absolute atomic E-state index is 11.1. The monoisotopic (exact) mass is 276 g/mol. The van der Waals surface area contributed by atoms with Crippen LogP contribution in [0, 0.1) is 0 Å². The summed E-state index contributed by atoms with van der Waals surface area (Å²) in [4.78, 5) is 11.1. The Morgan fingerprint density at radius 3 is 2.35 bits per heavy atom. The lowest BCUT2D eigenvalue weighted by Crippen LogP contribution is -2.14. The van der Waals surface area contributed by atoms with Crippen molar-refractivity contribution in [2.45, 2.75) is 71.6 Å². The first-order valence-electron chi connectivity index (χ1n) is 7.64. The second-order valence-corrected chi connectivity index (χ2v) is 6.60. The van der Waals surface area contributed by atoms with Gasteiger partial charge in [0.15, 0.2) is 0 Å². The standard InChI is InChI=1S/C18H28O2/c1-6-8-14(11-17(19)20)16-12-15(18(3,4)5)10-9-13(16)7-2/h9-10,12,14H,6-8,11H2,1-5H3,(H,19,20). The first kappa shape index (κ1) is 16.7. The number of aryl methyl sites for hydroxylation is 1. The Morgan fingerprint density at radius 1 is 1.25 bits per heavy atom. The van der Waals surface area contributed by atoms with E-state index in [1.165, 1.54) is 16.7 Å². The Hall–Kier alpha value is -1.31. The molecule has 0 aromatic heterocycles. The van der Waals surface area contributed by atoms with E-state index in [0.29, 0.717) is 0 Å². The van der Waals surface area contributed by atoms with E-state index in [9.17, 15) is 4.79 Å². The Balaban J connectivity index is 3.25. The number of rotatable bonds is 6. The number of carbonyl (C=O) groups is 1. The average molecular weight is 276 g/mol. The van der Waals surface area contributed by atoms with Gasteiger partial charge in [0.1, 0.15) is 0 Å². The molecule has 0 radical (unpaired) electrons. The second kappa shape index (κ2) is 6.92. The Labute approximate surface area is 123 Å². The fraction of sp³-hybridized carbons (Fsp3) is 0.611. The van der Waals surface area contributed by atoms with Crippen LogP contribution in [0.15, 0.2) is 18.2 Å². The van der Waals surface area contributed by atoms with Gasteiger partial charge in [-0.15, -0.1) is 0 Å². The third kappa shape index (κ3) is 4.36. The number of aliphatic carboxylic acids is 1. The molecule has 1 unspecified atom stereocenters. The van der Waals surface area contributed by atoms with Gasteiger partial charge >= 0.3 is 5.97 Å². The maximum atomic E-state index is 11.1. The van der Waals surface area contributed by atoms with Crippen LogP contribution in [0.1, 0.15) is 76.5 Å². The lowest BCUT2D eigenvalue weighted by Gasteiger charge is -2.24. The van der Waals surface area contributed by atoms with Gasteiger partial charge in [-0.05, 0) is 40.9 Å². The third-order valence-electron chi connectivity index (χ3n) is 3.89. The predicted molar refractivity (Wildman–Crippen MR) is 84.4 cm³/mol. The number of carboxylic acid groups (broad SMARTS) is 1. The Kier molecular flexibility index (Phi) is 5.79. The fourth-order valence-electron chi connectivity index (χ4n) is 2.69. The van der Waals surface area contributed by atoms with Crippen LogP contribution in [0.25, 0.3) is 0 Å². The highest BCUT2D eigenvalue weighted by Gasteiger charge is 2.21. The van der Waals surface area contributed by atoms with E-state index < -0.39 is 5.97 Å². The van der Waals surface area contributed by atoms with Crippen molar-refractivity contribution in [2.75, 3.05) is 0 Å². The molecule has 0 spiro atoms. The Bertz CT molecular complexity index is 455. The molecule has 112 valence electrons. The molecule has 0 bridgehead atoms. The Morgan fingerprint density at radius 2 is 1.90 bits per heavy atom. The van der Waals surface area contributed by atoms with Gasteiger partial charge in [0.05, 0.1) is 6.42 Å². The summed E-state index contributed by atoms with van der Waals surface area (Å²) < 4.78 is 0. The van der Waals surface area contributed by atoms with E-state index in [1.54, 1.807) is 0 Å². The van der Waals surface area contributed by atoms with Crippen molar-refractivity contribution in [3.05, 3.63) is 34.9 Å². The molecule has 0 heterocycles. The van der Waals surface area contributed by atoms with Gasteiger partial charge in [-0.2, -0.15) is 0 Å². The molecule has 0 saturated carbocycles. The van der Waals surface area contributed by atoms with Crippen molar-refractivity contribution < 1.29 is 9.90 Å². The maximum Gasteiger partial charge on any atom is 0.303 e. The third-order valence-corrected chi connectivity index (χ3v) is 3.89. The molecule has 0 aliphatic rings. The van der Waals surface area contributed by atoms with E-state index in [1.807, 2.05) is 0 Å². The molecule has 0 amide bonds. The summed E-state index contributed by atoms with van der Waals surface area (Å²) in [7, 11) is 0. The average Bonchev–Trinajstić information content (AvgIpc) is 2.36. The van der Waals surface area contributed by atoms with E-state index >= 15 is 0 Å². The van der Waals surface area contributed by atoms with Gasteiger partial charge in [0.2, 0.25) is 0 Å². The smallest absolute Gasteiger partial charge is 0.303 e. The van der Waals surface area contributed by atoms with Crippen LogP contribution in [0.4, 0.5) is 0 Å². The molecule has 1 atom stereocenters. The summed E-state index contributed by atoms with van der Waals surface area (Å²) >= 11 is 0. The van der Waals surface area contributed by atoms with Gasteiger partial charge in [0, 0.05) is 0 Å². The van der Waals surface area contributed by atoms with E-state index in [0.717, 1.165) is 19.3 Å².